The van der Waals surface area contributed by atoms with Crippen LogP contribution in [0.2, 0.25) is 0 Å². The van der Waals surface area contributed by atoms with Crippen molar-refractivity contribution in [3.8, 4) is 11.4 Å². The van der Waals surface area contributed by atoms with E-state index in [2.05, 4.69) is 24.6 Å². The first-order valence-electron chi connectivity index (χ1n) is 3.63. The van der Waals surface area contributed by atoms with Crippen LogP contribution in [0, 0.1) is 6.92 Å². The van der Waals surface area contributed by atoms with Crippen molar-refractivity contribution in [3.05, 3.63) is 18.2 Å². The molecule has 0 bridgehead atoms. The maximum Gasteiger partial charge on any atom is 0.319 e. The molecular weight excluding hydrogens is 170 g/mol. The Kier molecular flexibility index (Phi) is 1.66. The van der Waals surface area contributed by atoms with Gasteiger partial charge in [0.1, 0.15) is 6.33 Å². The van der Waals surface area contributed by atoms with Crippen molar-refractivity contribution in [1.29, 1.82) is 0 Å². The molecule has 0 aliphatic heterocycles. The first kappa shape index (κ1) is 7.66. The zero-order valence-corrected chi connectivity index (χ0v) is 6.93. The van der Waals surface area contributed by atoms with Crippen LogP contribution in [0.3, 0.4) is 0 Å². The Morgan fingerprint density at radius 1 is 1.46 bits per heavy atom. The third-order valence-electron chi connectivity index (χ3n) is 1.59. The van der Waals surface area contributed by atoms with Crippen LogP contribution in [0.5, 0.6) is 0 Å². The van der Waals surface area contributed by atoms with E-state index in [4.69, 9.17) is 5.73 Å². The van der Waals surface area contributed by atoms with Gasteiger partial charge < -0.3 is 10.3 Å². The minimum Gasteiger partial charge on any atom is -0.351 e. The fourth-order valence-corrected chi connectivity index (χ4v) is 0.955. The molecule has 0 atom stereocenters. The summed E-state index contributed by atoms with van der Waals surface area (Å²) < 4.78 is 4.64. The second-order valence-corrected chi connectivity index (χ2v) is 2.48. The number of aromatic nitrogens is 4. The molecule has 0 aliphatic carbocycles. The molecule has 66 valence electrons. The largest absolute Gasteiger partial charge is 0.351 e. The van der Waals surface area contributed by atoms with Crippen LogP contribution in [0.25, 0.3) is 11.4 Å². The molecule has 0 spiro atoms. The van der Waals surface area contributed by atoms with Crippen molar-refractivity contribution in [3.63, 3.8) is 0 Å². The summed E-state index contributed by atoms with van der Waals surface area (Å²) in [5.74, 6) is 0.413. The van der Waals surface area contributed by atoms with Crippen molar-refractivity contribution < 1.29 is 4.52 Å². The van der Waals surface area contributed by atoms with Crippen molar-refractivity contribution in [2.45, 2.75) is 6.92 Å². The lowest BCUT2D eigenvalue weighted by molar-refractivity contribution is 0.437. The topological polar surface area (TPSA) is 90.7 Å². The molecule has 6 nitrogen and oxygen atoms in total. The van der Waals surface area contributed by atoms with E-state index in [1.807, 2.05) is 6.92 Å². The quantitative estimate of drug-likeness (QED) is 0.678. The van der Waals surface area contributed by atoms with Gasteiger partial charge in [-0.05, 0) is 6.92 Å². The average molecular weight is 177 g/mol. The number of rotatable bonds is 1. The van der Waals surface area contributed by atoms with Gasteiger partial charge in [0.15, 0.2) is 0 Å². The molecule has 0 amide bonds. The summed E-state index contributed by atoms with van der Waals surface area (Å²) in [4.78, 5) is 11.7. The normalized spacial score (nSPS) is 10.2. The SMILES string of the molecule is Cc1ncncc1-c1noc(N)n1. The highest BCUT2D eigenvalue weighted by atomic mass is 16.5. The Labute approximate surface area is 73.8 Å². The van der Waals surface area contributed by atoms with Crippen LogP contribution >= 0.6 is 0 Å². The molecule has 0 aliphatic rings. The Balaban J connectivity index is 2.52. The van der Waals surface area contributed by atoms with E-state index in [-0.39, 0.29) is 6.01 Å². The first-order chi connectivity index (χ1) is 6.27. The van der Waals surface area contributed by atoms with Crippen molar-refractivity contribution in [1.82, 2.24) is 20.1 Å². The number of hydrogen-bond donors (Lipinski definition) is 1. The van der Waals surface area contributed by atoms with E-state index in [0.717, 1.165) is 11.3 Å². The predicted molar refractivity (Wildman–Crippen MR) is 44.5 cm³/mol. The van der Waals surface area contributed by atoms with E-state index in [0.29, 0.717) is 5.82 Å². The molecule has 6 heteroatoms. The van der Waals surface area contributed by atoms with Crippen LogP contribution in [0.4, 0.5) is 6.01 Å². The molecule has 0 aromatic carbocycles. The van der Waals surface area contributed by atoms with Gasteiger partial charge in [-0.25, -0.2) is 9.97 Å². The molecule has 2 N–H and O–H groups in total. The molecule has 13 heavy (non-hydrogen) atoms. The van der Waals surface area contributed by atoms with Gasteiger partial charge in [-0.3, -0.25) is 0 Å². The summed E-state index contributed by atoms with van der Waals surface area (Å²) in [5.41, 5.74) is 6.80. The van der Waals surface area contributed by atoms with E-state index in [1.54, 1.807) is 6.20 Å². The van der Waals surface area contributed by atoms with Crippen molar-refractivity contribution in [2.75, 3.05) is 5.73 Å². The van der Waals surface area contributed by atoms with Crippen molar-refractivity contribution in [2.24, 2.45) is 0 Å². The molecule has 2 aromatic heterocycles. The van der Waals surface area contributed by atoms with Crippen LogP contribution in [-0.2, 0) is 0 Å². The van der Waals surface area contributed by atoms with Crippen LogP contribution < -0.4 is 5.73 Å². The summed E-state index contributed by atoms with van der Waals surface area (Å²) >= 11 is 0. The van der Waals surface area contributed by atoms with Gasteiger partial charge in [0, 0.05) is 6.20 Å². The van der Waals surface area contributed by atoms with Gasteiger partial charge in [-0.1, -0.05) is 5.16 Å². The molecule has 0 radical (unpaired) electrons. The summed E-state index contributed by atoms with van der Waals surface area (Å²) in [5, 5.41) is 3.66. The Morgan fingerprint density at radius 3 is 2.92 bits per heavy atom. The predicted octanol–water partition coefficient (Wildman–Crippen LogP) is 0.417. The fraction of sp³-hybridized carbons (Fsp3) is 0.143. The molecule has 2 rings (SSSR count). The maximum absolute atomic E-state index is 5.28. The second-order valence-electron chi connectivity index (χ2n) is 2.48. The zero-order chi connectivity index (χ0) is 9.26. The number of hydrogen-bond acceptors (Lipinski definition) is 6. The Bertz CT molecular complexity index is 424. The van der Waals surface area contributed by atoms with Gasteiger partial charge in [0.05, 0.1) is 11.3 Å². The summed E-state index contributed by atoms with van der Waals surface area (Å²) in [6.07, 6.45) is 3.08. The van der Waals surface area contributed by atoms with E-state index in [9.17, 15) is 0 Å². The zero-order valence-electron chi connectivity index (χ0n) is 6.93. The minimum absolute atomic E-state index is 0.0400. The first-order valence-corrected chi connectivity index (χ1v) is 3.63. The standard InChI is InChI=1S/C7H7N5O/c1-4-5(2-9-3-10-4)6-11-7(8)13-12-6/h2-3H,1H3,(H2,8,11,12). The molecule has 2 aromatic rings. The van der Waals surface area contributed by atoms with Crippen LogP contribution in [-0.4, -0.2) is 20.1 Å². The van der Waals surface area contributed by atoms with Crippen molar-refractivity contribution >= 4 is 6.01 Å². The Hall–Kier alpha value is -1.98. The molecule has 2 heterocycles. The smallest absolute Gasteiger partial charge is 0.319 e. The van der Waals surface area contributed by atoms with Gasteiger partial charge in [0.25, 0.3) is 0 Å². The minimum atomic E-state index is 0.0400. The van der Waals surface area contributed by atoms with E-state index >= 15 is 0 Å². The number of anilines is 1. The van der Waals surface area contributed by atoms with Gasteiger partial charge in [-0.15, -0.1) is 0 Å². The monoisotopic (exact) mass is 177 g/mol. The van der Waals surface area contributed by atoms with Crippen LogP contribution in [0.15, 0.2) is 17.0 Å². The third-order valence-corrected chi connectivity index (χ3v) is 1.59. The molecule has 0 saturated carbocycles. The van der Waals surface area contributed by atoms with Gasteiger partial charge >= 0.3 is 6.01 Å². The lowest BCUT2D eigenvalue weighted by Gasteiger charge is -1.95. The number of aryl methyl sites for hydroxylation is 1. The Morgan fingerprint density at radius 2 is 2.31 bits per heavy atom. The molecule has 0 unspecified atom stereocenters. The lowest BCUT2D eigenvalue weighted by atomic mass is 10.2. The highest BCUT2D eigenvalue weighted by Crippen LogP contribution is 2.17. The van der Waals surface area contributed by atoms with Gasteiger partial charge in [0.2, 0.25) is 5.82 Å². The molecule has 0 saturated heterocycles. The summed E-state index contributed by atoms with van der Waals surface area (Å²) in [7, 11) is 0. The third kappa shape index (κ3) is 1.33. The second kappa shape index (κ2) is 2.81. The fourth-order valence-electron chi connectivity index (χ4n) is 0.955. The van der Waals surface area contributed by atoms with Crippen LogP contribution in [0.1, 0.15) is 5.69 Å². The number of nitrogens with two attached hydrogens (primary N) is 1. The highest BCUT2D eigenvalue weighted by Gasteiger charge is 2.09. The number of nitrogens with zero attached hydrogens (tertiary/aromatic N) is 4. The lowest BCUT2D eigenvalue weighted by Crippen LogP contribution is -1.90. The summed E-state index contributed by atoms with van der Waals surface area (Å²) in [6.45, 7) is 1.84. The summed E-state index contributed by atoms with van der Waals surface area (Å²) in [6, 6.07) is 0.0400. The number of nitrogen functional groups attached to an aromatic ring is 1. The molecule has 0 fully saturated rings. The van der Waals surface area contributed by atoms with E-state index < -0.39 is 0 Å². The average Bonchev–Trinajstić information content (AvgIpc) is 2.53. The van der Waals surface area contributed by atoms with E-state index in [1.165, 1.54) is 6.33 Å². The van der Waals surface area contributed by atoms with Gasteiger partial charge in [-0.2, -0.15) is 4.98 Å². The molecular formula is C7H7N5O. The maximum atomic E-state index is 5.28. The highest BCUT2D eigenvalue weighted by molar-refractivity contribution is 5.56.